The van der Waals surface area contributed by atoms with Crippen molar-refractivity contribution < 1.29 is 19.1 Å². The lowest BCUT2D eigenvalue weighted by Gasteiger charge is -2.37. The van der Waals surface area contributed by atoms with E-state index in [0.29, 0.717) is 17.8 Å². The highest BCUT2D eigenvalue weighted by atomic mass is 16.6. The highest BCUT2D eigenvalue weighted by molar-refractivity contribution is 5.84. The predicted molar refractivity (Wildman–Crippen MR) is 93.8 cm³/mol. The minimum Gasteiger partial charge on any atom is -0.459 e. The number of benzene rings is 1. The Kier molecular flexibility index (Phi) is 5.30. The third kappa shape index (κ3) is 3.97. The van der Waals surface area contributed by atoms with Crippen molar-refractivity contribution >= 4 is 12.1 Å². The summed E-state index contributed by atoms with van der Waals surface area (Å²) in [6.07, 6.45) is 1.50. The van der Waals surface area contributed by atoms with E-state index in [2.05, 4.69) is 26.1 Å². The Hall–Kier alpha value is -2.04. The summed E-state index contributed by atoms with van der Waals surface area (Å²) >= 11 is 0. The van der Waals surface area contributed by atoms with Crippen LogP contribution in [0.1, 0.15) is 51.6 Å². The molecule has 5 atom stereocenters. The van der Waals surface area contributed by atoms with Crippen molar-refractivity contribution in [3.05, 3.63) is 35.9 Å². The Balaban J connectivity index is 1.73. The van der Waals surface area contributed by atoms with Gasteiger partial charge in [-0.1, -0.05) is 57.5 Å². The van der Waals surface area contributed by atoms with Crippen molar-refractivity contribution in [1.29, 1.82) is 0 Å². The summed E-state index contributed by atoms with van der Waals surface area (Å²) in [5.74, 6) is 0.916. The van der Waals surface area contributed by atoms with E-state index in [1.165, 1.54) is 6.42 Å². The van der Waals surface area contributed by atoms with Crippen molar-refractivity contribution in [1.82, 2.24) is 5.32 Å². The molecule has 3 rings (SSSR count). The summed E-state index contributed by atoms with van der Waals surface area (Å²) in [5.41, 5.74) is 0.840. The fourth-order valence-corrected chi connectivity index (χ4v) is 3.99. The van der Waals surface area contributed by atoms with E-state index < -0.39 is 24.2 Å². The van der Waals surface area contributed by atoms with Crippen LogP contribution in [0.3, 0.4) is 0 Å². The van der Waals surface area contributed by atoms with Gasteiger partial charge in [0.2, 0.25) is 6.10 Å². The fraction of sp³-hybridized carbons (Fsp3) is 0.600. The van der Waals surface area contributed by atoms with E-state index >= 15 is 0 Å². The topological polar surface area (TPSA) is 64.6 Å². The molecule has 5 nitrogen and oxygen atoms in total. The third-order valence-corrected chi connectivity index (χ3v) is 5.43. The highest BCUT2D eigenvalue weighted by Gasteiger charge is 2.43. The van der Waals surface area contributed by atoms with Gasteiger partial charge in [0.25, 0.3) is 0 Å². The quantitative estimate of drug-likeness (QED) is 0.842. The van der Waals surface area contributed by atoms with Gasteiger partial charge in [-0.05, 0) is 36.2 Å². The number of ether oxygens (including phenoxy) is 2. The van der Waals surface area contributed by atoms with Gasteiger partial charge in [0.05, 0.1) is 0 Å². The molecule has 1 saturated heterocycles. The number of esters is 1. The number of hydrogen-bond donors (Lipinski definition) is 1. The van der Waals surface area contributed by atoms with E-state index in [1.807, 2.05) is 30.3 Å². The van der Waals surface area contributed by atoms with Crippen molar-refractivity contribution in [2.24, 2.45) is 17.8 Å². The molecule has 136 valence electrons. The van der Waals surface area contributed by atoms with Crippen LogP contribution in [0.5, 0.6) is 0 Å². The fourth-order valence-electron chi connectivity index (χ4n) is 3.99. The molecule has 0 aromatic heterocycles. The van der Waals surface area contributed by atoms with E-state index in [0.717, 1.165) is 18.4 Å². The molecule has 1 N–H and O–H groups in total. The second-order valence-electron chi connectivity index (χ2n) is 7.66. The largest absolute Gasteiger partial charge is 0.459 e. The molecule has 2 fully saturated rings. The zero-order valence-corrected chi connectivity index (χ0v) is 15.1. The number of carbonyl (C=O) groups is 2. The summed E-state index contributed by atoms with van der Waals surface area (Å²) in [6.45, 7) is 6.54. The maximum Gasteiger partial charge on any atom is 0.408 e. The number of amides is 1. The molecule has 0 spiro atoms. The van der Waals surface area contributed by atoms with Crippen LogP contribution in [-0.4, -0.2) is 24.3 Å². The second kappa shape index (κ2) is 7.46. The molecule has 1 aliphatic heterocycles. The van der Waals surface area contributed by atoms with Gasteiger partial charge in [0.1, 0.15) is 12.1 Å². The molecule has 0 bridgehead atoms. The first-order chi connectivity index (χ1) is 12.0. The summed E-state index contributed by atoms with van der Waals surface area (Å²) in [7, 11) is 0. The first-order valence-corrected chi connectivity index (χ1v) is 9.18. The Morgan fingerprint density at radius 2 is 1.96 bits per heavy atom. The average Bonchev–Trinajstić information content (AvgIpc) is 2.97. The van der Waals surface area contributed by atoms with Gasteiger partial charge >= 0.3 is 12.1 Å². The molecule has 1 amide bonds. The lowest BCUT2D eigenvalue weighted by Crippen LogP contribution is -2.40. The van der Waals surface area contributed by atoms with Gasteiger partial charge in [-0.25, -0.2) is 9.59 Å². The average molecular weight is 345 g/mol. The van der Waals surface area contributed by atoms with Crippen molar-refractivity contribution in [3.8, 4) is 0 Å². The van der Waals surface area contributed by atoms with Crippen LogP contribution in [0.25, 0.3) is 0 Å². The Morgan fingerprint density at radius 1 is 1.24 bits per heavy atom. The molecule has 5 heteroatoms. The normalized spacial score (nSPS) is 32.2. The number of hydrogen-bond acceptors (Lipinski definition) is 4. The van der Waals surface area contributed by atoms with Crippen LogP contribution in [0.4, 0.5) is 4.79 Å². The maximum absolute atomic E-state index is 12.8. The van der Waals surface area contributed by atoms with Crippen LogP contribution < -0.4 is 5.32 Å². The lowest BCUT2D eigenvalue weighted by atomic mass is 9.75. The maximum atomic E-state index is 12.8. The summed E-state index contributed by atoms with van der Waals surface area (Å²) < 4.78 is 11.1. The molecule has 0 radical (unpaired) electrons. The predicted octanol–water partition coefficient (Wildman–Crippen LogP) is 3.84. The summed E-state index contributed by atoms with van der Waals surface area (Å²) in [6, 6.07) is 8.89. The molecule has 1 saturated carbocycles. The van der Waals surface area contributed by atoms with Crippen LogP contribution >= 0.6 is 0 Å². The molecule has 1 aromatic carbocycles. The molecular formula is C20H27NO4. The van der Waals surface area contributed by atoms with Crippen LogP contribution in [-0.2, 0) is 14.3 Å². The number of alkyl carbamates (subject to hydrolysis) is 1. The molecule has 25 heavy (non-hydrogen) atoms. The Labute approximate surface area is 149 Å². The van der Waals surface area contributed by atoms with Crippen LogP contribution in [0.15, 0.2) is 30.3 Å². The Bertz CT molecular complexity index is 615. The third-order valence-electron chi connectivity index (χ3n) is 5.43. The SMILES string of the molecule is CC1CC[C@H](C(C)C)C(OC(=O)[C@@H]2OC(=O)N[C@H]2c2ccccc2)C1. The van der Waals surface area contributed by atoms with E-state index in [1.54, 1.807) is 0 Å². The highest BCUT2D eigenvalue weighted by Crippen LogP contribution is 2.36. The number of carbonyl (C=O) groups excluding carboxylic acids is 2. The number of cyclic esters (lactones) is 1. The van der Waals surface area contributed by atoms with Crippen LogP contribution in [0.2, 0.25) is 0 Å². The molecule has 2 aliphatic rings. The van der Waals surface area contributed by atoms with Crippen molar-refractivity contribution in [3.63, 3.8) is 0 Å². The minimum absolute atomic E-state index is 0.105. The van der Waals surface area contributed by atoms with Crippen LogP contribution in [0, 0.1) is 17.8 Å². The van der Waals surface area contributed by atoms with Gasteiger partial charge in [-0.2, -0.15) is 0 Å². The van der Waals surface area contributed by atoms with Gasteiger partial charge in [0.15, 0.2) is 0 Å². The second-order valence-corrected chi connectivity index (χ2v) is 7.66. The van der Waals surface area contributed by atoms with Crippen molar-refractivity contribution in [2.75, 3.05) is 0 Å². The molecular weight excluding hydrogens is 318 g/mol. The number of nitrogens with one attached hydrogen (secondary N) is 1. The zero-order valence-electron chi connectivity index (χ0n) is 15.1. The first-order valence-electron chi connectivity index (χ1n) is 9.18. The molecule has 1 heterocycles. The molecule has 2 unspecified atom stereocenters. The van der Waals surface area contributed by atoms with Gasteiger partial charge in [-0.15, -0.1) is 0 Å². The Morgan fingerprint density at radius 3 is 2.64 bits per heavy atom. The van der Waals surface area contributed by atoms with E-state index in [4.69, 9.17) is 9.47 Å². The summed E-state index contributed by atoms with van der Waals surface area (Å²) in [4.78, 5) is 24.5. The molecule has 1 aliphatic carbocycles. The zero-order chi connectivity index (χ0) is 18.0. The van der Waals surface area contributed by atoms with Gasteiger partial charge < -0.3 is 14.8 Å². The minimum atomic E-state index is -0.931. The molecule has 1 aromatic rings. The van der Waals surface area contributed by atoms with Crippen molar-refractivity contribution in [2.45, 2.75) is 58.3 Å². The smallest absolute Gasteiger partial charge is 0.408 e. The van der Waals surface area contributed by atoms with Gasteiger partial charge in [0, 0.05) is 0 Å². The van der Waals surface area contributed by atoms with E-state index in [-0.39, 0.29) is 6.10 Å². The first kappa shape index (κ1) is 17.8. The monoisotopic (exact) mass is 345 g/mol. The number of rotatable bonds is 4. The lowest BCUT2D eigenvalue weighted by molar-refractivity contribution is -0.165. The van der Waals surface area contributed by atoms with E-state index in [9.17, 15) is 9.59 Å². The standard InChI is InChI=1S/C20H27NO4/c1-12(2)15-10-9-13(3)11-16(15)24-19(22)18-17(21-20(23)25-18)14-7-5-4-6-8-14/h4-8,12-13,15-18H,9-11H2,1-3H3,(H,21,23)/t13?,15-,16?,17+,18-/m1/s1. The van der Waals surface area contributed by atoms with Gasteiger partial charge in [-0.3, -0.25) is 0 Å². The summed E-state index contributed by atoms with van der Waals surface area (Å²) in [5, 5.41) is 2.72.